The number of carboxylic acids is 1. The molecule has 42 heavy (non-hydrogen) atoms. The lowest BCUT2D eigenvalue weighted by atomic mass is 9.61. The van der Waals surface area contributed by atoms with Crippen molar-refractivity contribution in [2.45, 2.75) is 75.2 Å². The van der Waals surface area contributed by atoms with Gasteiger partial charge in [0, 0.05) is 39.5 Å². The van der Waals surface area contributed by atoms with Crippen molar-refractivity contribution in [2.24, 2.45) is 5.92 Å². The maximum absolute atomic E-state index is 14.6. The number of anilines is 1. The number of alkyl halides is 1. The van der Waals surface area contributed by atoms with Crippen molar-refractivity contribution in [3.8, 4) is 5.75 Å². The van der Waals surface area contributed by atoms with Crippen molar-refractivity contribution in [3.63, 3.8) is 0 Å². The number of benzene rings is 2. The smallest absolute Gasteiger partial charge is 0.329 e. The van der Waals surface area contributed by atoms with E-state index in [0.29, 0.717) is 55.3 Å². The van der Waals surface area contributed by atoms with Crippen molar-refractivity contribution < 1.29 is 19.0 Å². The number of aryl methyl sites for hydroxylation is 1. The van der Waals surface area contributed by atoms with Gasteiger partial charge < -0.3 is 15.2 Å². The zero-order chi connectivity index (χ0) is 29.3. The Morgan fingerprint density at radius 1 is 1.17 bits per heavy atom. The number of fused-ring (bicyclic) bond motifs is 3. The summed E-state index contributed by atoms with van der Waals surface area (Å²) < 4.78 is 20.9. The molecule has 2 aromatic carbocycles. The first-order valence-electron chi connectivity index (χ1n) is 15.1. The Morgan fingerprint density at radius 3 is 2.74 bits per heavy atom. The van der Waals surface area contributed by atoms with Crippen molar-refractivity contribution >= 4 is 29.3 Å². The first-order valence-corrected chi connectivity index (χ1v) is 15.5. The monoisotopic (exact) mass is 588 g/mol. The fourth-order valence-electron chi connectivity index (χ4n) is 7.49. The molecule has 1 heterocycles. The molecule has 6 rings (SSSR count). The SMILES string of the molecule is C[C@@H]1CCCc2nccc(OCC(CF)CC3=Cc4ccccc4C34CCC(Nc3cccc(Cl)c3)(C(=O)O)CC4)c21. The highest BCUT2D eigenvalue weighted by Crippen LogP contribution is 2.55. The van der Waals surface area contributed by atoms with Gasteiger partial charge in [-0.1, -0.05) is 60.5 Å². The number of carbonyl (C=O) groups is 1. The summed E-state index contributed by atoms with van der Waals surface area (Å²) in [6.07, 6.45) is 9.98. The molecular weight excluding hydrogens is 551 g/mol. The highest BCUT2D eigenvalue weighted by molar-refractivity contribution is 6.30. The minimum Gasteiger partial charge on any atom is -0.493 e. The molecule has 3 aliphatic carbocycles. The van der Waals surface area contributed by atoms with Crippen LogP contribution >= 0.6 is 11.6 Å². The number of allylic oxidation sites excluding steroid dienone is 1. The van der Waals surface area contributed by atoms with Gasteiger partial charge in [-0.25, -0.2) is 4.79 Å². The molecule has 1 spiro atoms. The van der Waals surface area contributed by atoms with E-state index in [1.165, 1.54) is 16.7 Å². The Kier molecular flexibility index (Phi) is 8.01. The second-order valence-corrected chi connectivity index (χ2v) is 12.8. The number of nitrogens with one attached hydrogen (secondary N) is 1. The summed E-state index contributed by atoms with van der Waals surface area (Å²) in [5, 5.41) is 14.3. The molecule has 2 atom stereocenters. The Morgan fingerprint density at radius 2 is 1.98 bits per heavy atom. The van der Waals surface area contributed by atoms with Crippen LogP contribution in [0.3, 0.4) is 0 Å². The number of nitrogens with zero attached hydrogens (tertiary/aromatic N) is 1. The third kappa shape index (κ3) is 5.30. The fourth-order valence-corrected chi connectivity index (χ4v) is 7.68. The number of aliphatic carboxylic acids is 1. The molecule has 0 saturated heterocycles. The summed E-state index contributed by atoms with van der Waals surface area (Å²) in [5.41, 5.74) is 5.11. The van der Waals surface area contributed by atoms with Crippen LogP contribution in [0.2, 0.25) is 5.02 Å². The summed E-state index contributed by atoms with van der Waals surface area (Å²) >= 11 is 6.19. The first-order chi connectivity index (χ1) is 20.3. The number of hydrogen-bond acceptors (Lipinski definition) is 4. The predicted molar refractivity (Wildman–Crippen MR) is 165 cm³/mol. The average molecular weight is 589 g/mol. The fraction of sp³-hybridized carbons (Fsp3) is 0.429. The molecule has 1 fully saturated rings. The summed E-state index contributed by atoms with van der Waals surface area (Å²) in [4.78, 5) is 17.3. The lowest BCUT2D eigenvalue weighted by molar-refractivity contribution is -0.143. The standard InChI is InChI=1S/C35H38ClFN2O3/c1-23-6-4-11-30-32(23)31(12-17-38-30)42-22-24(21-37)18-26-19-25-7-2-3-10-29(25)34(26)13-15-35(16-14-34,33(40)41)39-28-9-5-8-27(36)20-28/h2-3,5,7-10,12,17,19-20,23-24,39H,4,6,11,13-16,18,21-22H2,1H3,(H,40,41)/t23-,24?,34?,35?/m1/s1. The summed E-state index contributed by atoms with van der Waals surface area (Å²) in [7, 11) is 0. The quantitative estimate of drug-likeness (QED) is 0.263. The first kappa shape index (κ1) is 28.7. The van der Waals surface area contributed by atoms with Crippen LogP contribution in [0.5, 0.6) is 5.75 Å². The van der Waals surface area contributed by atoms with Crippen LogP contribution in [-0.4, -0.2) is 34.9 Å². The molecule has 1 unspecified atom stereocenters. The van der Waals surface area contributed by atoms with E-state index in [-0.39, 0.29) is 11.3 Å². The van der Waals surface area contributed by atoms with E-state index in [1.54, 1.807) is 18.3 Å². The largest absolute Gasteiger partial charge is 0.493 e. The predicted octanol–water partition coefficient (Wildman–Crippen LogP) is 8.37. The second-order valence-electron chi connectivity index (χ2n) is 12.4. The van der Waals surface area contributed by atoms with E-state index in [9.17, 15) is 14.3 Å². The molecule has 7 heteroatoms. The van der Waals surface area contributed by atoms with Crippen molar-refractivity contribution in [1.82, 2.24) is 4.98 Å². The number of carboxylic acid groups (broad SMARTS) is 1. The molecule has 1 saturated carbocycles. The molecule has 0 amide bonds. The Bertz CT molecular complexity index is 1500. The van der Waals surface area contributed by atoms with E-state index < -0.39 is 18.2 Å². The molecule has 3 aliphatic rings. The van der Waals surface area contributed by atoms with Crippen LogP contribution in [0.15, 0.2) is 66.4 Å². The normalized spacial score (nSPS) is 25.3. The van der Waals surface area contributed by atoms with Crippen molar-refractivity contribution in [2.75, 3.05) is 18.6 Å². The molecular formula is C35H38ClFN2O3. The molecule has 2 N–H and O–H groups in total. The van der Waals surface area contributed by atoms with Gasteiger partial charge in [0.2, 0.25) is 0 Å². The minimum atomic E-state index is -1.10. The topological polar surface area (TPSA) is 71.5 Å². The van der Waals surface area contributed by atoms with Gasteiger partial charge in [-0.2, -0.15) is 0 Å². The third-order valence-electron chi connectivity index (χ3n) is 9.77. The average Bonchev–Trinajstić information content (AvgIpc) is 3.28. The van der Waals surface area contributed by atoms with Gasteiger partial charge in [-0.3, -0.25) is 9.37 Å². The highest BCUT2D eigenvalue weighted by atomic mass is 35.5. The van der Waals surface area contributed by atoms with Crippen molar-refractivity contribution in [3.05, 3.63) is 93.8 Å². The highest BCUT2D eigenvalue weighted by Gasteiger charge is 2.51. The zero-order valence-electron chi connectivity index (χ0n) is 24.0. The van der Waals surface area contributed by atoms with E-state index in [2.05, 4.69) is 35.4 Å². The van der Waals surface area contributed by atoms with Crippen LogP contribution in [0.25, 0.3) is 6.08 Å². The molecule has 3 aromatic rings. The molecule has 1 aromatic heterocycles. The third-order valence-corrected chi connectivity index (χ3v) is 10.0. The zero-order valence-corrected chi connectivity index (χ0v) is 24.8. The van der Waals surface area contributed by atoms with Crippen molar-refractivity contribution in [1.29, 1.82) is 0 Å². The Balaban J connectivity index is 1.22. The lowest BCUT2D eigenvalue weighted by Crippen LogP contribution is -2.52. The van der Waals surface area contributed by atoms with Gasteiger partial charge >= 0.3 is 5.97 Å². The second kappa shape index (κ2) is 11.7. The summed E-state index contributed by atoms with van der Waals surface area (Å²) in [5.74, 6) is 0.0499. The van der Waals surface area contributed by atoms with Gasteiger partial charge in [0.25, 0.3) is 0 Å². The Hall–Kier alpha value is -3.38. The molecule has 0 radical (unpaired) electrons. The number of ether oxygens (including phenoxy) is 1. The maximum atomic E-state index is 14.6. The van der Waals surface area contributed by atoms with Crippen LogP contribution in [0.4, 0.5) is 10.1 Å². The summed E-state index contributed by atoms with van der Waals surface area (Å²) in [6.45, 7) is 2.02. The molecule has 0 bridgehead atoms. The van der Waals surface area contributed by atoms with E-state index in [4.69, 9.17) is 16.3 Å². The number of hydrogen-bond donors (Lipinski definition) is 2. The van der Waals surface area contributed by atoms with Gasteiger partial charge in [0.05, 0.1) is 13.3 Å². The van der Waals surface area contributed by atoms with Gasteiger partial charge in [0.15, 0.2) is 0 Å². The van der Waals surface area contributed by atoms with Crippen LogP contribution < -0.4 is 10.1 Å². The number of aromatic nitrogens is 1. The van der Waals surface area contributed by atoms with E-state index in [0.717, 1.165) is 36.3 Å². The van der Waals surface area contributed by atoms with Crippen LogP contribution in [-0.2, 0) is 16.6 Å². The van der Waals surface area contributed by atoms with Gasteiger partial charge in [-0.05, 0) is 92.7 Å². The Labute approximate surface area is 252 Å². The summed E-state index contributed by atoms with van der Waals surface area (Å²) in [6, 6.07) is 17.5. The number of halogens is 2. The molecule has 0 aliphatic heterocycles. The van der Waals surface area contributed by atoms with Gasteiger partial charge in [0.1, 0.15) is 11.3 Å². The number of pyridine rings is 1. The molecule has 5 nitrogen and oxygen atoms in total. The maximum Gasteiger partial charge on any atom is 0.329 e. The van der Waals surface area contributed by atoms with E-state index in [1.807, 2.05) is 30.3 Å². The lowest BCUT2D eigenvalue weighted by Gasteiger charge is -2.46. The van der Waals surface area contributed by atoms with Crippen LogP contribution in [0, 0.1) is 5.92 Å². The minimum absolute atomic E-state index is 0.291. The molecule has 220 valence electrons. The van der Waals surface area contributed by atoms with Crippen LogP contribution in [0.1, 0.15) is 80.2 Å². The number of rotatable bonds is 9. The van der Waals surface area contributed by atoms with Gasteiger partial charge in [-0.15, -0.1) is 0 Å². The van der Waals surface area contributed by atoms with E-state index >= 15 is 0 Å².